The Hall–Kier alpha value is -1.42. The van der Waals surface area contributed by atoms with Gasteiger partial charge in [-0.25, -0.2) is 4.79 Å². The number of rotatable bonds is 7. The average molecular weight is 439 g/mol. The van der Waals surface area contributed by atoms with E-state index in [2.05, 4.69) is 5.32 Å². The maximum Gasteiger partial charge on any atom is 0.335 e. The Morgan fingerprint density at radius 2 is 1.67 bits per heavy atom. The van der Waals surface area contributed by atoms with Crippen molar-refractivity contribution in [3.05, 3.63) is 0 Å². The molecule has 2 heterocycles. The summed E-state index contributed by atoms with van der Waals surface area (Å²) in [6.07, 6.45) is -15.0. The van der Waals surface area contributed by atoms with Crippen molar-refractivity contribution in [1.82, 2.24) is 5.32 Å². The molecule has 174 valence electrons. The molecule has 0 radical (unpaired) electrons. The maximum absolute atomic E-state index is 11.7. The fourth-order valence-electron chi connectivity index (χ4n) is 3.40. The molecule has 7 N–H and O–H groups in total. The van der Waals surface area contributed by atoms with Crippen LogP contribution in [0.2, 0.25) is 0 Å². The molecule has 13 heteroatoms. The third-order valence-corrected chi connectivity index (χ3v) is 4.75. The third-order valence-electron chi connectivity index (χ3n) is 4.75. The Morgan fingerprint density at radius 3 is 2.17 bits per heavy atom. The molecular weight excluding hydrogens is 410 g/mol. The number of aliphatic hydroxyl groups is 5. The van der Waals surface area contributed by atoms with Gasteiger partial charge in [-0.05, 0) is 13.8 Å². The van der Waals surface area contributed by atoms with Crippen LogP contribution in [-0.4, -0.2) is 117 Å². The zero-order valence-corrected chi connectivity index (χ0v) is 16.7. The molecule has 0 aromatic rings. The van der Waals surface area contributed by atoms with E-state index in [0.717, 1.165) is 0 Å². The number of hydrogen-bond acceptors (Lipinski definition) is 11. The summed E-state index contributed by atoms with van der Waals surface area (Å²) >= 11 is 0. The molecule has 10 unspecified atom stereocenters. The second-order valence-electron chi connectivity index (χ2n) is 7.46. The van der Waals surface area contributed by atoms with Crippen LogP contribution >= 0.6 is 0 Å². The highest BCUT2D eigenvalue weighted by molar-refractivity contribution is 5.74. The lowest BCUT2D eigenvalue weighted by molar-refractivity contribution is -0.338. The highest BCUT2D eigenvalue weighted by atomic mass is 16.7. The van der Waals surface area contributed by atoms with Crippen LogP contribution < -0.4 is 5.32 Å². The van der Waals surface area contributed by atoms with Gasteiger partial charge in [-0.15, -0.1) is 0 Å². The Kier molecular flexibility index (Phi) is 8.50. The average Bonchev–Trinajstić information content (AvgIpc) is 2.65. The van der Waals surface area contributed by atoms with E-state index in [1.54, 1.807) is 13.8 Å². The number of hydrogen-bond donors (Lipinski definition) is 7. The molecule has 1 amide bonds. The van der Waals surface area contributed by atoms with Gasteiger partial charge in [-0.3, -0.25) is 4.79 Å². The Bertz CT molecular complexity index is 603. The number of ether oxygens (including phenoxy) is 4. The molecule has 0 aromatic carbocycles. The second-order valence-corrected chi connectivity index (χ2v) is 7.46. The van der Waals surface area contributed by atoms with Crippen molar-refractivity contribution in [2.45, 2.75) is 88.2 Å². The van der Waals surface area contributed by atoms with Crippen LogP contribution in [0.25, 0.3) is 0 Å². The summed E-state index contributed by atoms with van der Waals surface area (Å²) in [6.45, 7) is 3.88. The van der Waals surface area contributed by atoms with Crippen molar-refractivity contribution in [2.75, 3.05) is 6.61 Å². The largest absolute Gasteiger partial charge is 0.479 e. The smallest absolute Gasteiger partial charge is 0.335 e. The molecule has 2 fully saturated rings. The van der Waals surface area contributed by atoms with Gasteiger partial charge in [0.25, 0.3) is 0 Å². The summed E-state index contributed by atoms with van der Waals surface area (Å²) in [6, 6.07) is -1.17. The van der Waals surface area contributed by atoms with Gasteiger partial charge in [0, 0.05) is 6.92 Å². The maximum atomic E-state index is 11.7. The number of carboxylic acid groups (broad SMARTS) is 1. The van der Waals surface area contributed by atoms with Crippen LogP contribution in [0.5, 0.6) is 0 Å². The molecule has 2 rings (SSSR count). The van der Waals surface area contributed by atoms with E-state index in [1.165, 1.54) is 6.92 Å². The number of carbonyl (C=O) groups excluding carboxylic acids is 1. The van der Waals surface area contributed by atoms with Crippen molar-refractivity contribution in [2.24, 2.45) is 0 Å². The molecule has 0 aliphatic carbocycles. The van der Waals surface area contributed by atoms with Gasteiger partial charge in [0.1, 0.15) is 42.7 Å². The van der Waals surface area contributed by atoms with Gasteiger partial charge in [0.15, 0.2) is 18.7 Å². The molecule has 2 aliphatic heterocycles. The molecule has 0 aromatic heterocycles. The van der Waals surface area contributed by atoms with E-state index in [9.17, 15) is 40.2 Å². The number of nitrogens with one attached hydrogen (secondary N) is 1. The van der Waals surface area contributed by atoms with Crippen LogP contribution in [-0.2, 0) is 28.5 Å². The van der Waals surface area contributed by atoms with E-state index in [-0.39, 0.29) is 0 Å². The summed E-state index contributed by atoms with van der Waals surface area (Å²) in [4.78, 5) is 23.2. The van der Waals surface area contributed by atoms with E-state index in [4.69, 9.17) is 18.9 Å². The highest BCUT2D eigenvalue weighted by Crippen LogP contribution is 2.30. The lowest BCUT2D eigenvalue weighted by atomic mass is 9.95. The van der Waals surface area contributed by atoms with Gasteiger partial charge in [0.05, 0.1) is 12.7 Å². The van der Waals surface area contributed by atoms with Crippen molar-refractivity contribution >= 4 is 11.9 Å². The first-order chi connectivity index (χ1) is 14.0. The first kappa shape index (κ1) is 24.8. The summed E-state index contributed by atoms with van der Waals surface area (Å²) in [5, 5.41) is 61.6. The second kappa shape index (κ2) is 10.3. The fourth-order valence-corrected chi connectivity index (χ4v) is 3.40. The summed E-state index contributed by atoms with van der Waals surface area (Å²) < 4.78 is 21.6. The van der Waals surface area contributed by atoms with Gasteiger partial charge < -0.3 is 54.9 Å². The van der Waals surface area contributed by atoms with Crippen molar-refractivity contribution < 1.29 is 59.2 Å². The molecule has 0 spiro atoms. The molecule has 0 bridgehead atoms. The predicted molar refractivity (Wildman–Crippen MR) is 94.8 cm³/mol. The van der Waals surface area contributed by atoms with E-state index >= 15 is 0 Å². The van der Waals surface area contributed by atoms with Crippen LogP contribution in [0.4, 0.5) is 0 Å². The predicted octanol–water partition coefficient (Wildman–Crippen LogP) is -3.73. The van der Waals surface area contributed by atoms with E-state index in [0.29, 0.717) is 0 Å². The number of amides is 1. The van der Waals surface area contributed by atoms with Crippen LogP contribution in [0.3, 0.4) is 0 Å². The van der Waals surface area contributed by atoms with Crippen LogP contribution in [0.15, 0.2) is 0 Å². The fraction of sp³-hybridized carbons (Fsp3) is 0.882. The highest BCUT2D eigenvalue weighted by Gasteiger charge is 2.53. The van der Waals surface area contributed by atoms with Crippen LogP contribution in [0.1, 0.15) is 20.8 Å². The normalized spacial score (nSPS) is 42.2. The van der Waals surface area contributed by atoms with Gasteiger partial charge in [-0.2, -0.15) is 0 Å². The molecule has 2 saturated heterocycles. The number of carbonyl (C=O) groups is 2. The zero-order valence-electron chi connectivity index (χ0n) is 16.7. The van der Waals surface area contributed by atoms with E-state index in [1.807, 2.05) is 0 Å². The standard InChI is InChI=1S/C17H29NO12/c1-5(2)27-12-8(18-6(3)20)17(28-7(4-19)9(12)21)30-13-10(22)11(23)16(26)29-14(13)15(24)25/h5,7-14,16-17,19,21-23,26H,4H2,1-3H3,(H,18,20)(H,24,25). The Balaban J connectivity index is 2.36. The van der Waals surface area contributed by atoms with Crippen LogP contribution in [0, 0.1) is 0 Å². The minimum atomic E-state index is -1.97. The molecular formula is C17H29NO12. The SMILES string of the molecule is CC(=O)NC1C(OC2C(C(=O)O)OC(O)C(O)C2O)OC(CO)C(O)C1OC(C)C. The monoisotopic (exact) mass is 439 g/mol. The molecule has 2 aliphatic rings. The molecule has 13 nitrogen and oxygen atoms in total. The lowest BCUT2D eigenvalue weighted by Gasteiger charge is -2.47. The van der Waals surface area contributed by atoms with Gasteiger partial charge in [0.2, 0.25) is 5.91 Å². The molecule has 10 atom stereocenters. The number of aliphatic carboxylic acids is 1. The Morgan fingerprint density at radius 1 is 1.03 bits per heavy atom. The minimum Gasteiger partial charge on any atom is -0.479 e. The minimum absolute atomic E-state index is 0.411. The number of carboxylic acids is 1. The van der Waals surface area contributed by atoms with Gasteiger partial charge >= 0.3 is 5.97 Å². The van der Waals surface area contributed by atoms with E-state index < -0.39 is 85.9 Å². The summed E-state index contributed by atoms with van der Waals surface area (Å²) in [5.41, 5.74) is 0. The van der Waals surface area contributed by atoms with Crippen molar-refractivity contribution in [3.8, 4) is 0 Å². The first-order valence-corrected chi connectivity index (χ1v) is 9.42. The third kappa shape index (κ3) is 5.43. The Labute approximate surface area is 172 Å². The van der Waals surface area contributed by atoms with Crippen molar-refractivity contribution in [1.29, 1.82) is 0 Å². The van der Waals surface area contributed by atoms with Crippen molar-refractivity contribution in [3.63, 3.8) is 0 Å². The summed E-state index contributed by atoms with van der Waals surface area (Å²) in [5.74, 6) is -2.14. The number of aliphatic hydroxyl groups excluding tert-OH is 5. The van der Waals surface area contributed by atoms with Gasteiger partial charge in [-0.1, -0.05) is 0 Å². The summed E-state index contributed by atoms with van der Waals surface area (Å²) in [7, 11) is 0. The molecule has 30 heavy (non-hydrogen) atoms. The first-order valence-electron chi connectivity index (χ1n) is 9.42. The molecule has 0 saturated carbocycles. The quantitative estimate of drug-likeness (QED) is 0.204. The lowest BCUT2D eigenvalue weighted by Crippen LogP contribution is -2.68. The zero-order chi connectivity index (χ0) is 22.7. The topological polar surface area (TPSA) is 204 Å².